The molecule has 0 unspecified atom stereocenters. The molecule has 0 fully saturated rings. The summed E-state index contributed by atoms with van der Waals surface area (Å²) in [5.41, 5.74) is 7.48. The van der Waals surface area contributed by atoms with Gasteiger partial charge in [0, 0.05) is 9.64 Å². The lowest BCUT2D eigenvalue weighted by Gasteiger charge is -2.11. The standard InChI is InChI=1S/C20H10ClIN4O4/c21-12-3-1-8(22)5-10(12)20-24-13-6-9(2-4-14(13)30-20)26-15(27)7-11-16(17(26)23)19(29)25-18(11)28/h1-7H,23H2,(H,25,28,29). The second kappa shape index (κ2) is 6.67. The van der Waals surface area contributed by atoms with Gasteiger partial charge in [0.15, 0.2) is 5.58 Å². The lowest BCUT2D eigenvalue weighted by atomic mass is 10.1. The van der Waals surface area contributed by atoms with Gasteiger partial charge in [0.05, 0.1) is 27.4 Å². The number of rotatable bonds is 2. The van der Waals surface area contributed by atoms with E-state index in [1.54, 1.807) is 24.3 Å². The van der Waals surface area contributed by atoms with Gasteiger partial charge in [0.1, 0.15) is 11.3 Å². The molecule has 1 aliphatic heterocycles. The molecule has 0 spiro atoms. The number of fused-ring (bicyclic) bond motifs is 2. The predicted molar refractivity (Wildman–Crippen MR) is 119 cm³/mol. The molecule has 0 bridgehead atoms. The molecule has 2 aromatic heterocycles. The van der Waals surface area contributed by atoms with E-state index in [-0.39, 0.29) is 16.9 Å². The van der Waals surface area contributed by atoms with Crippen molar-refractivity contribution < 1.29 is 14.0 Å². The first-order chi connectivity index (χ1) is 14.3. The van der Waals surface area contributed by atoms with Crippen molar-refractivity contribution in [3.8, 4) is 17.1 Å². The third kappa shape index (κ3) is 2.81. The number of nitrogens with one attached hydrogen (secondary N) is 1. The Kier molecular flexibility index (Phi) is 4.19. The Hall–Kier alpha value is -3.18. The minimum Gasteiger partial charge on any atom is -0.436 e. The van der Waals surface area contributed by atoms with Crippen molar-refractivity contribution in [2.75, 3.05) is 5.73 Å². The maximum Gasteiger partial charge on any atom is 0.262 e. The Labute approximate surface area is 186 Å². The first kappa shape index (κ1) is 18.8. The number of pyridine rings is 1. The number of hydrogen-bond donors (Lipinski definition) is 2. The molecule has 8 nitrogen and oxygen atoms in total. The number of imide groups is 1. The van der Waals surface area contributed by atoms with Crippen LogP contribution in [0.2, 0.25) is 5.02 Å². The number of oxazole rings is 1. The molecule has 30 heavy (non-hydrogen) atoms. The van der Waals surface area contributed by atoms with E-state index in [4.69, 9.17) is 21.8 Å². The maximum atomic E-state index is 12.6. The van der Waals surface area contributed by atoms with Gasteiger partial charge in [-0.1, -0.05) is 11.6 Å². The van der Waals surface area contributed by atoms with Crippen LogP contribution in [0.25, 0.3) is 28.2 Å². The summed E-state index contributed by atoms with van der Waals surface area (Å²) in [4.78, 5) is 41.0. The highest BCUT2D eigenvalue weighted by Gasteiger charge is 2.31. The molecule has 1 aliphatic rings. The molecule has 0 aliphatic carbocycles. The van der Waals surface area contributed by atoms with Gasteiger partial charge in [-0.15, -0.1) is 0 Å². The summed E-state index contributed by atoms with van der Waals surface area (Å²) < 4.78 is 7.95. The topological polar surface area (TPSA) is 120 Å². The van der Waals surface area contributed by atoms with Crippen LogP contribution in [0.5, 0.6) is 0 Å². The van der Waals surface area contributed by atoms with Crippen LogP contribution < -0.4 is 16.6 Å². The van der Waals surface area contributed by atoms with E-state index in [1.807, 2.05) is 12.1 Å². The highest BCUT2D eigenvalue weighted by Crippen LogP contribution is 2.32. The Morgan fingerprint density at radius 2 is 1.83 bits per heavy atom. The Morgan fingerprint density at radius 1 is 1.03 bits per heavy atom. The first-order valence-corrected chi connectivity index (χ1v) is 10.1. The van der Waals surface area contributed by atoms with E-state index in [0.717, 1.165) is 14.2 Å². The fourth-order valence-corrected chi connectivity index (χ4v) is 4.07. The molecule has 0 radical (unpaired) electrons. The van der Waals surface area contributed by atoms with Crippen molar-refractivity contribution in [3.05, 3.63) is 72.5 Å². The number of hydrogen-bond acceptors (Lipinski definition) is 6. The first-order valence-electron chi connectivity index (χ1n) is 8.61. The van der Waals surface area contributed by atoms with Crippen LogP contribution >= 0.6 is 34.2 Å². The molecular weight excluding hydrogens is 523 g/mol. The van der Waals surface area contributed by atoms with E-state index in [9.17, 15) is 14.4 Å². The van der Waals surface area contributed by atoms with Crippen molar-refractivity contribution in [3.63, 3.8) is 0 Å². The molecule has 148 valence electrons. The lowest BCUT2D eigenvalue weighted by molar-refractivity contribution is 0.0880. The van der Waals surface area contributed by atoms with Gasteiger partial charge in [-0.2, -0.15) is 0 Å². The van der Waals surface area contributed by atoms with Crippen LogP contribution in [-0.4, -0.2) is 21.4 Å². The molecule has 10 heteroatoms. The SMILES string of the molecule is Nc1c2c(cc(=O)n1-c1ccc3oc(-c4cc(I)ccc4Cl)nc3c1)C(=O)NC2=O. The van der Waals surface area contributed by atoms with Gasteiger partial charge in [0.25, 0.3) is 17.4 Å². The quantitative estimate of drug-likeness (QED) is 0.302. The van der Waals surface area contributed by atoms with Crippen molar-refractivity contribution in [2.45, 2.75) is 0 Å². The number of nitrogens with two attached hydrogens (primary N) is 1. The molecule has 2 amide bonds. The Morgan fingerprint density at radius 3 is 2.63 bits per heavy atom. The molecule has 0 saturated heterocycles. The van der Waals surface area contributed by atoms with Crippen LogP contribution in [0.4, 0.5) is 5.82 Å². The number of carbonyl (C=O) groups is 2. The summed E-state index contributed by atoms with van der Waals surface area (Å²) in [5.74, 6) is -1.06. The molecule has 5 rings (SSSR count). The monoisotopic (exact) mass is 532 g/mol. The average Bonchev–Trinajstić information content (AvgIpc) is 3.24. The summed E-state index contributed by atoms with van der Waals surface area (Å²) in [6.07, 6.45) is 0. The molecule has 3 heterocycles. The summed E-state index contributed by atoms with van der Waals surface area (Å²) >= 11 is 8.44. The molecular formula is C20H10ClIN4O4. The van der Waals surface area contributed by atoms with Crippen LogP contribution in [0.1, 0.15) is 20.7 Å². The van der Waals surface area contributed by atoms with Crippen molar-refractivity contribution in [1.82, 2.24) is 14.9 Å². The number of amides is 2. The van der Waals surface area contributed by atoms with Gasteiger partial charge in [-0.3, -0.25) is 24.3 Å². The lowest BCUT2D eigenvalue weighted by Crippen LogP contribution is -2.24. The minimum absolute atomic E-state index is 0.0221. The number of anilines is 1. The number of aromatic nitrogens is 2. The van der Waals surface area contributed by atoms with Crippen LogP contribution in [0.3, 0.4) is 0 Å². The van der Waals surface area contributed by atoms with Gasteiger partial charge >= 0.3 is 0 Å². The molecule has 0 atom stereocenters. The minimum atomic E-state index is -0.642. The average molecular weight is 533 g/mol. The van der Waals surface area contributed by atoms with Crippen LogP contribution in [0.15, 0.2) is 51.7 Å². The molecule has 0 saturated carbocycles. The fourth-order valence-electron chi connectivity index (χ4n) is 3.38. The summed E-state index contributed by atoms with van der Waals surface area (Å²) in [6.45, 7) is 0. The largest absolute Gasteiger partial charge is 0.436 e. The highest BCUT2D eigenvalue weighted by atomic mass is 127. The Bertz CT molecular complexity index is 1470. The smallest absolute Gasteiger partial charge is 0.262 e. The zero-order chi connectivity index (χ0) is 21.2. The Balaban J connectivity index is 1.68. The van der Waals surface area contributed by atoms with E-state index in [0.29, 0.717) is 33.3 Å². The van der Waals surface area contributed by atoms with Crippen molar-refractivity contribution >= 4 is 62.9 Å². The van der Waals surface area contributed by atoms with E-state index < -0.39 is 17.4 Å². The molecule has 4 aromatic rings. The summed E-state index contributed by atoms with van der Waals surface area (Å²) in [5, 5.41) is 2.64. The normalized spacial score (nSPS) is 13.0. The fraction of sp³-hybridized carbons (Fsp3) is 0. The number of benzene rings is 2. The number of carbonyl (C=O) groups excluding carboxylic acids is 2. The zero-order valence-corrected chi connectivity index (χ0v) is 17.8. The summed E-state index contributed by atoms with van der Waals surface area (Å²) in [7, 11) is 0. The van der Waals surface area contributed by atoms with E-state index in [2.05, 4.69) is 32.9 Å². The van der Waals surface area contributed by atoms with Crippen LogP contribution in [0, 0.1) is 3.57 Å². The van der Waals surface area contributed by atoms with E-state index >= 15 is 0 Å². The third-order valence-corrected chi connectivity index (χ3v) is 5.74. The molecule has 3 N–H and O–H groups in total. The molecule has 2 aromatic carbocycles. The number of halogens is 2. The van der Waals surface area contributed by atoms with Crippen LogP contribution in [-0.2, 0) is 0 Å². The van der Waals surface area contributed by atoms with E-state index in [1.165, 1.54) is 0 Å². The van der Waals surface area contributed by atoms with Gasteiger partial charge in [0.2, 0.25) is 5.89 Å². The second-order valence-electron chi connectivity index (χ2n) is 6.57. The maximum absolute atomic E-state index is 12.6. The number of nitrogen functional groups attached to an aromatic ring is 1. The van der Waals surface area contributed by atoms with Gasteiger partial charge in [-0.05, 0) is 59.0 Å². The van der Waals surface area contributed by atoms with Crippen molar-refractivity contribution in [2.24, 2.45) is 0 Å². The van der Waals surface area contributed by atoms with Gasteiger partial charge in [-0.25, -0.2) is 4.98 Å². The summed E-state index contributed by atoms with van der Waals surface area (Å²) in [6, 6.07) is 11.5. The van der Waals surface area contributed by atoms with Gasteiger partial charge < -0.3 is 10.2 Å². The van der Waals surface area contributed by atoms with Crippen molar-refractivity contribution in [1.29, 1.82) is 0 Å². The predicted octanol–water partition coefficient (Wildman–Crippen LogP) is 3.37. The number of nitrogens with zero attached hydrogens (tertiary/aromatic N) is 2. The zero-order valence-electron chi connectivity index (χ0n) is 14.9. The highest BCUT2D eigenvalue weighted by molar-refractivity contribution is 14.1. The second-order valence-corrected chi connectivity index (χ2v) is 8.22. The third-order valence-electron chi connectivity index (χ3n) is 4.74.